The van der Waals surface area contributed by atoms with Crippen LogP contribution in [0.15, 0.2) is 12.3 Å². The summed E-state index contributed by atoms with van der Waals surface area (Å²) >= 11 is 0.594. The molecule has 2 aromatic rings. The summed E-state index contributed by atoms with van der Waals surface area (Å²) in [6.45, 7) is 5.32. The van der Waals surface area contributed by atoms with Crippen molar-refractivity contribution in [2.24, 2.45) is 0 Å². The molecule has 0 spiro atoms. The van der Waals surface area contributed by atoms with Gasteiger partial charge < -0.3 is 25.4 Å². The van der Waals surface area contributed by atoms with E-state index >= 15 is 0 Å². The van der Waals surface area contributed by atoms with Gasteiger partial charge in [-0.3, -0.25) is 9.59 Å². The summed E-state index contributed by atoms with van der Waals surface area (Å²) in [6, 6.07) is -0.0310. The molecule has 230 valence electrons. The van der Waals surface area contributed by atoms with Gasteiger partial charge in [-0.15, -0.1) is 11.3 Å². The highest BCUT2D eigenvalue weighted by molar-refractivity contribution is 7.17. The van der Waals surface area contributed by atoms with Crippen molar-refractivity contribution in [1.29, 1.82) is 0 Å². The Morgan fingerprint density at radius 2 is 1.85 bits per heavy atom. The first-order chi connectivity index (χ1) is 19.3. The minimum absolute atomic E-state index is 0.177. The minimum atomic E-state index is -5.00. The second kappa shape index (κ2) is 14.8. The number of rotatable bonds is 6. The van der Waals surface area contributed by atoms with Gasteiger partial charge in [0.15, 0.2) is 5.01 Å². The highest BCUT2D eigenvalue weighted by Crippen LogP contribution is 2.42. The number of hydrogen-bond acceptors (Lipinski definition) is 8. The first kappa shape index (κ1) is 34.2. The number of aliphatic hydroxyl groups excluding tert-OH is 1. The van der Waals surface area contributed by atoms with Crippen LogP contribution in [0.1, 0.15) is 65.9 Å². The molecule has 0 bridgehead atoms. The predicted molar refractivity (Wildman–Crippen MR) is 141 cm³/mol. The van der Waals surface area contributed by atoms with Gasteiger partial charge >= 0.3 is 12.4 Å². The van der Waals surface area contributed by atoms with Crippen LogP contribution in [0, 0.1) is 0 Å². The average Bonchev–Trinajstić information content (AvgIpc) is 3.70. The number of alkyl halides is 6. The van der Waals surface area contributed by atoms with Crippen LogP contribution in [0.25, 0.3) is 10.4 Å². The lowest BCUT2D eigenvalue weighted by molar-refractivity contribution is -0.137. The lowest BCUT2D eigenvalue weighted by Gasteiger charge is -2.21. The molecule has 16 heteroatoms. The number of likely N-dealkylation sites (tertiary alicyclic amines) is 1. The first-order valence-electron chi connectivity index (χ1n) is 12.9. The molecule has 4 heterocycles. The lowest BCUT2D eigenvalue weighted by atomic mass is 10.1. The topological polar surface area (TPSA) is 117 Å². The molecule has 4 rings (SSSR count). The number of anilines is 1. The highest BCUT2D eigenvalue weighted by atomic mass is 32.1. The lowest BCUT2D eigenvalue weighted by Crippen LogP contribution is -2.35. The molecule has 2 aliphatic heterocycles. The molecule has 0 aromatic carbocycles. The van der Waals surface area contributed by atoms with Crippen LogP contribution in [0.5, 0.6) is 0 Å². The van der Waals surface area contributed by atoms with E-state index < -0.39 is 47.7 Å². The van der Waals surface area contributed by atoms with Crippen molar-refractivity contribution in [3.63, 3.8) is 0 Å². The Kier molecular flexibility index (Phi) is 12.3. The molecule has 2 aromatic heterocycles. The Morgan fingerprint density at radius 1 is 1.17 bits per heavy atom. The van der Waals surface area contributed by atoms with Gasteiger partial charge in [-0.2, -0.15) is 26.3 Å². The summed E-state index contributed by atoms with van der Waals surface area (Å²) in [6.07, 6.45) is -6.97. The van der Waals surface area contributed by atoms with Gasteiger partial charge in [-0.25, -0.2) is 9.97 Å². The van der Waals surface area contributed by atoms with Gasteiger partial charge in [0.25, 0.3) is 11.8 Å². The Bertz CT molecular complexity index is 1170. The van der Waals surface area contributed by atoms with Crippen LogP contribution in [0.2, 0.25) is 0 Å². The predicted octanol–water partition coefficient (Wildman–Crippen LogP) is 4.98. The minimum Gasteiger partial charge on any atom is -0.400 e. The molecule has 0 saturated carbocycles. The smallest absolute Gasteiger partial charge is 0.400 e. The van der Waals surface area contributed by atoms with Crippen molar-refractivity contribution >= 4 is 29.0 Å². The van der Waals surface area contributed by atoms with E-state index in [1.54, 1.807) is 6.92 Å². The van der Waals surface area contributed by atoms with Crippen molar-refractivity contribution in [2.45, 2.75) is 64.5 Å². The molecule has 2 atom stereocenters. The van der Waals surface area contributed by atoms with Gasteiger partial charge in [0, 0.05) is 38.1 Å². The number of carbonyl (C=O) groups excluding carboxylic acids is 2. The van der Waals surface area contributed by atoms with E-state index in [2.05, 4.69) is 15.3 Å². The van der Waals surface area contributed by atoms with Crippen LogP contribution in [-0.4, -0.2) is 83.5 Å². The number of pyridine rings is 1. The number of thiazole rings is 1. The number of nitrogens with one attached hydrogen (secondary N) is 2. The maximum absolute atomic E-state index is 14.0. The zero-order chi connectivity index (χ0) is 31.0. The van der Waals surface area contributed by atoms with Gasteiger partial charge in [0.2, 0.25) is 0 Å². The van der Waals surface area contributed by atoms with Gasteiger partial charge in [0.05, 0.1) is 23.1 Å². The SMILES string of the molecule is CC.CC1CCCN1C(=O)c1nc(C(=O)NC2CCOC2)sc1-c1cnc(NCC(F)(F)F)cc1C(F)(F)F.CO. The normalized spacial score (nSPS) is 18.7. The summed E-state index contributed by atoms with van der Waals surface area (Å²) in [5, 5.41) is 11.3. The summed E-state index contributed by atoms with van der Waals surface area (Å²) in [5.74, 6) is -1.94. The van der Waals surface area contributed by atoms with Crippen molar-refractivity contribution in [3.8, 4) is 10.4 Å². The summed E-state index contributed by atoms with van der Waals surface area (Å²) in [7, 11) is 1.00. The molecule has 2 aliphatic rings. The molecule has 0 aliphatic carbocycles. The maximum atomic E-state index is 14.0. The summed E-state index contributed by atoms with van der Waals surface area (Å²) < 4.78 is 85.0. The second-order valence-electron chi connectivity index (χ2n) is 8.80. The molecular formula is C25H33F6N5O4S. The number of carbonyl (C=O) groups is 2. The number of aromatic nitrogens is 2. The second-order valence-corrected chi connectivity index (χ2v) is 9.80. The van der Waals surface area contributed by atoms with Crippen LogP contribution in [-0.2, 0) is 10.9 Å². The van der Waals surface area contributed by atoms with Crippen LogP contribution in [0.3, 0.4) is 0 Å². The van der Waals surface area contributed by atoms with Gasteiger partial charge in [-0.1, -0.05) is 13.8 Å². The average molecular weight is 614 g/mol. The fraction of sp³-hybridized carbons (Fsp3) is 0.600. The first-order valence-corrected chi connectivity index (χ1v) is 13.7. The van der Waals surface area contributed by atoms with Crippen molar-refractivity contribution in [3.05, 3.63) is 28.5 Å². The molecule has 2 saturated heterocycles. The van der Waals surface area contributed by atoms with E-state index in [4.69, 9.17) is 9.84 Å². The molecule has 2 unspecified atom stereocenters. The van der Waals surface area contributed by atoms with Gasteiger partial charge in [-0.05, 0) is 32.3 Å². The quantitative estimate of drug-likeness (QED) is 0.394. The summed E-state index contributed by atoms with van der Waals surface area (Å²) in [5.41, 5.74) is -2.20. The van der Waals surface area contributed by atoms with Crippen molar-refractivity contribution in [1.82, 2.24) is 20.2 Å². The standard InChI is InChI=1S/C22H23F6N5O3S.C2H6.CH4O/c1-11-3-2-5-33(11)20(35)16-17(37-19(32-16)18(34)31-12-4-6-36-9-12)13-8-29-15(30-10-21(23,24)25)7-14(13)22(26,27)28;2*1-2/h7-8,11-12H,2-6,9-10H2,1H3,(H,29,30)(H,31,34);1-2H3;2H,1H3. The maximum Gasteiger partial charge on any atom is 0.417 e. The Hall–Kier alpha value is -2.98. The third-order valence-corrected chi connectivity index (χ3v) is 7.11. The zero-order valence-electron chi connectivity index (χ0n) is 22.9. The largest absolute Gasteiger partial charge is 0.417 e. The van der Waals surface area contributed by atoms with Crippen LogP contribution in [0.4, 0.5) is 32.2 Å². The monoisotopic (exact) mass is 613 g/mol. The van der Waals surface area contributed by atoms with E-state index in [9.17, 15) is 35.9 Å². The molecule has 0 radical (unpaired) electrons. The van der Waals surface area contributed by atoms with E-state index in [1.807, 2.05) is 19.2 Å². The number of aliphatic hydroxyl groups is 1. The third kappa shape index (κ3) is 9.00. The molecular weight excluding hydrogens is 580 g/mol. The highest BCUT2D eigenvalue weighted by Gasteiger charge is 2.39. The Labute approximate surface area is 237 Å². The van der Waals surface area contributed by atoms with Crippen molar-refractivity contribution < 1.29 is 45.8 Å². The number of amides is 2. The number of nitrogens with zero attached hydrogens (tertiary/aromatic N) is 3. The Balaban J connectivity index is 0.00000141. The number of ether oxygens (including phenoxy) is 1. The van der Waals surface area contributed by atoms with Gasteiger partial charge in [0.1, 0.15) is 18.1 Å². The van der Waals surface area contributed by atoms with E-state index in [-0.39, 0.29) is 34.3 Å². The molecule has 41 heavy (non-hydrogen) atoms. The van der Waals surface area contributed by atoms with Crippen LogP contribution < -0.4 is 10.6 Å². The molecule has 9 nitrogen and oxygen atoms in total. The number of hydrogen-bond donors (Lipinski definition) is 3. The molecule has 2 fully saturated rings. The zero-order valence-corrected chi connectivity index (χ0v) is 23.8. The molecule has 2 amide bonds. The fourth-order valence-electron chi connectivity index (χ4n) is 4.17. The van der Waals surface area contributed by atoms with Crippen LogP contribution >= 0.6 is 11.3 Å². The molecule has 3 N–H and O–H groups in total. The van der Waals surface area contributed by atoms with E-state index in [0.29, 0.717) is 49.8 Å². The number of halogens is 6. The Morgan fingerprint density at radius 3 is 2.39 bits per heavy atom. The van der Waals surface area contributed by atoms with E-state index in [1.165, 1.54) is 4.90 Å². The summed E-state index contributed by atoms with van der Waals surface area (Å²) in [4.78, 5) is 35.3. The van der Waals surface area contributed by atoms with Crippen molar-refractivity contribution in [2.75, 3.05) is 38.7 Å². The fourth-order valence-corrected chi connectivity index (χ4v) is 5.15. The van der Waals surface area contributed by atoms with E-state index in [0.717, 1.165) is 13.3 Å². The third-order valence-electron chi connectivity index (χ3n) is 6.03.